The molecule has 0 saturated carbocycles. The van der Waals surface area contributed by atoms with E-state index in [1.807, 2.05) is 30.5 Å². The van der Waals surface area contributed by atoms with Crippen LogP contribution in [0.1, 0.15) is 29.1 Å². The van der Waals surface area contributed by atoms with Gasteiger partial charge in [-0.1, -0.05) is 0 Å². The van der Waals surface area contributed by atoms with Gasteiger partial charge in [-0.05, 0) is 38.0 Å². The lowest BCUT2D eigenvalue weighted by molar-refractivity contribution is 0.145. The van der Waals surface area contributed by atoms with E-state index in [4.69, 9.17) is 0 Å². The van der Waals surface area contributed by atoms with E-state index in [-0.39, 0.29) is 6.10 Å². The molecule has 0 aliphatic carbocycles. The molecule has 2 heterocycles. The Hall–Kier alpha value is -2.10. The lowest BCUT2D eigenvalue weighted by Gasteiger charge is -2.32. The van der Waals surface area contributed by atoms with E-state index >= 15 is 0 Å². The number of aryl methyl sites for hydroxylation is 1. The number of anilines is 2. The first kappa shape index (κ1) is 15.8. The number of rotatable bonds is 4. The number of benzene rings is 1. The molecule has 5 nitrogen and oxygen atoms in total. The van der Waals surface area contributed by atoms with Gasteiger partial charge in [0.2, 0.25) is 0 Å². The monoisotopic (exact) mass is 328 g/mol. The Morgan fingerprint density at radius 1 is 1.43 bits per heavy atom. The normalized spacial score (nSPS) is 15.4. The first-order valence-electron chi connectivity index (χ1n) is 7.78. The Labute approximate surface area is 140 Å². The van der Waals surface area contributed by atoms with Crippen LogP contribution in [0.3, 0.4) is 0 Å². The molecule has 0 spiro atoms. The minimum atomic E-state index is -0.209. The molecule has 0 bridgehead atoms. The van der Waals surface area contributed by atoms with Crippen molar-refractivity contribution in [2.75, 3.05) is 23.3 Å². The van der Waals surface area contributed by atoms with E-state index in [1.54, 1.807) is 11.3 Å². The van der Waals surface area contributed by atoms with Gasteiger partial charge in [-0.2, -0.15) is 5.26 Å². The third-order valence-electron chi connectivity index (χ3n) is 4.03. The molecule has 6 heteroatoms. The van der Waals surface area contributed by atoms with Crippen LogP contribution in [-0.2, 0) is 6.54 Å². The molecule has 120 valence electrons. The second kappa shape index (κ2) is 6.99. The van der Waals surface area contributed by atoms with E-state index in [0.717, 1.165) is 48.0 Å². The third-order valence-corrected chi connectivity index (χ3v) is 5.00. The van der Waals surface area contributed by atoms with Crippen LogP contribution in [0.4, 0.5) is 11.4 Å². The van der Waals surface area contributed by atoms with Crippen molar-refractivity contribution in [3.05, 3.63) is 39.8 Å². The summed E-state index contributed by atoms with van der Waals surface area (Å²) in [7, 11) is 0. The number of thiazole rings is 1. The summed E-state index contributed by atoms with van der Waals surface area (Å²) in [6.45, 7) is 4.23. The van der Waals surface area contributed by atoms with E-state index in [2.05, 4.69) is 21.3 Å². The number of piperidine rings is 1. The second-order valence-corrected chi connectivity index (χ2v) is 6.74. The van der Waals surface area contributed by atoms with Crippen molar-refractivity contribution in [1.29, 1.82) is 5.26 Å². The Morgan fingerprint density at radius 3 is 2.87 bits per heavy atom. The highest BCUT2D eigenvalue weighted by Gasteiger charge is 2.19. The third kappa shape index (κ3) is 3.81. The Kier molecular flexibility index (Phi) is 4.79. The summed E-state index contributed by atoms with van der Waals surface area (Å²) in [6.07, 6.45) is 1.31. The fourth-order valence-electron chi connectivity index (χ4n) is 2.78. The lowest BCUT2D eigenvalue weighted by atomic mass is 10.0. The summed E-state index contributed by atoms with van der Waals surface area (Å²) in [6, 6.07) is 8.17. The maximum atomic E-state index is 9.62. The average molecular weight is 328 g/mol. The van der Waals surface area contributed by atoms with Gasteiger partial charge in [-0.25, -0.2) is 4.98 Å². The summed E-state index contributed by atoms with van der Waals surface area (Å²) in [5.41, 5.74) is 3.58. The first-order valence-corrected chi connectivity index (χ1v) is 8.65. The van der Waals surface area contributed by atoms with Gasteiger partial charge >= 0.3 is 0 Å². The van der Waals surface area contributed by atoms with E-state index in [0.29, 0.717) is 12.1 Å². The van der Waals surface area contributed by atoms with Crippen LogP contribution in [0, 0.1) is 18.3 Å². The zero-order valence-corrected chi connectivity index (χ0v) is 13.9. The Bertz CT molecular complexity index is 714. The summed E-state index contributed by atoms with van der Waals surface area (Å²) in [5, 5.41) is 25.5. The molecule has 2 aromatic rings. The molecule has 0 atom stereocenters. The second-order valence-electron chi connectivity index (χ2n) is 5.80. The first-order chi connectivity index (χ1) is 11.2. The summed E-state index contributed by atoms with van der Waals surface area (Å²) in [4.78, 5) is 6.61. The molecule has 1 aromatic carbocycles. The highest BCUT2D eigenvalue weighted by atomic mass is 32.1. The predicted molar refractivity (Wildman–Crippen MR) is 92.8 cm³/mol. The fourth-order valence-corrected chi connectivity index (χ4v) is 3.49. The van der Waals surface area contributed by atoms with Crippen molar-refractivity contribution in [2.24, 2.45) is 0 Å². The summed E-state index contributed by atoms with van der Waals surface area (Å²) in [5.74, 6) is 0. The van der Waals surface area contributed by atoms with Crippen molar-refractivity contribution in [3.63, 3.8) is 0 Å². The minimum Gasteiger partial charge on any atom is -0.393 e. The van der Waals surface area contributed by atoms with E-state index in [1.165, 1.54) is 0 Å². The number of aromatic nitrogens is 1. The standard InChI is InChI=1S/C17H20N4OS/c1-12-11-23-17(20-12)10-19-14-2-3-16(13(8-14)9-18)21-6-4-15(22)5-7-21/h2-3,8,11,15,19,22H,4-7,10H2,1H3. The number of nitriles is 1. The average Bonchev–Trinajstić information content (AvgIpc) is 2.99. The molecule has 3 rings (SSSR count). The van der Waals surface area contributed by atoms with Crippen LogP contribution in [0.5, 0.6) is 0 Å². The Morgan fingerprint density at radius 2 is 2.22 bits per heavy atom. The number of hydrogen-bond donors (Lipinski definition) is 2. The van der Waals surface area contributed by atoms with Crippen molar-refractivity contribution in [2.45, 2.75) is 32.4 Å². The van der Waals surface area contributed by atoms with Crippen LogP contribution in [-0.4, -0.2) is 29.3 Å². The van der Waals surface area contributed by atoms with Gasteiger partial charge in [0.15, 0.2) is 0 Å². The molecule has 1 aliphatic rings. The maximum absolute atomic E-state index is 9.62. The number of hydrogen-bond acceptors (Lipinski definition) is 6. The largest absolute Gasteiger partial charge is 0.393 e. The predicted octanol–water partition coefficient (Wildman–Crippen LogP) is 2.90. The highest BCUT2D eigenvalue weighted by Crippen LogP contribution is 2.27. The van der Waals surface area contributed by atoms with E-state index < -0.39 is 0 Å². The van der Waals surface area contributed by atoms with Crippen LogP contribution >= 0.6 is 11.3 Å². The van der Waals surface area contributed by atoms with Crippen LogP contribution in [0.25, 0.3) is 0 Å². The van der Waals surface area contributed by atoms with Crippen LogP contribution in [0.2, 0.25) is 0 Å². The quantitative estimate of drug-likeness (QED) is 0.903. The van der Waals surface area contributed by atoms with Crippen LogP contribution < -0.4 is 10.2 Å². The van der Waals surface area contributed by atoms with Gasteiger partial charge in [0.05, 0.1) is 23.9 Å². The smallest absolute Gasteiger partial charge is 0.112 e. The van der Waals surface area contributed by atoms with Gasteiger partial charge in [0.1, 0.15) is 11.1 Å². The van der Waals surface area contributed by atoms with Crippen LogP contribution in [0.15, 0.2) is 23.6 Å². The van der Waals surface area contributed by atoms with Gasteiger partial charge in [0, 0.05) is 29.9 Å². The van der Waals surface area contributed by atoms with Crippen molar-refractivity contribution < 1.29 is 5.11 Å². The van der Waals surface area contributed by atoms with Crippen molar-refractivity contribution >= 4 is 22.7 Å². The molecule has 2 N–H and O–H groups in total. The molecule has 1 saturated heterocycles. The van der Waals surface area contributed by atoms with Gasteiger partial charge < -0.3 is 15.3 Å². The molecule has 0 amide bonds. The van der Waals surface area contributed by atoms with E-state index in [9.17, 15) is 10.4 Å². The lowest BCUT2D eigenvalue weighted by Crippen LogP contribution is -2.36. The maximum Gasteiger partial charge on any atom is 0.112 e. The molecule has 0 radical (unpaired) electrons. The summed E-state index contributed by atoms with van der Waals surface area (Å²) >= 11 is 1.63. The minimum absolute atomic E-state index is 0.209. The summed E-state index contributed by atoms with van der Waals surface area (Å²) < 4.78 is 0. The van der Waals surface area contributed by atoms with Gasteiger partial charge in [-0.3, -0.25) is 0 Å². The molecular weight excluding hydrogens is 308 g/mol. The Balaban J connectivity index is 1.70. The van der Waals surface area contributed by atoms with Gasteiger partial charge in [-0.15, -0.1) is 11.3 Å². The zero-order chi connectivity index (χ0) is 16.2. The molecule has 0 unspecified atom stereocenters. The molecule has 23 heavy (non-hydrogen) atoms. The SMILES string of the molecule is Cc1csc(CNc2ccc(N3CCC(O)CC3)c(C#N)c2)n1. The molecule has 1 aromatic heterocycles. The van der Waals surface area contributed by atoms with Gasteiger partial charge in [0.25, 0.3) is 0 Å². The number of nitrogens with one attached hydrogen (secondary N) is 1. The molecular formula is C17H20N4OS. The topological polar surface area (TPSA) is 72.2 Å². The number of nitrogens with zero attached hydrogens (tertiary/aromatic N) is 3. The molecule has 1 fully saturated rings. The highest BCUT2D eigenvalue weighted by molar-refractivity contribution is 7.09. The number of aliphatic hydroxyl groups is 1. The fraction of sp³-hybridized carbons (Fsp3) is 0.412. The zero-order valence-electron chi connectivity index (χ0n) is 13.1. The number of aliphatic hydroxyl groups excluding tert-OH is 1. The molecule has 1 aliphatic heterocycles. The van der Waals surface area contributed by atoms with Crippen molar-refractivity contribution in [1.82, 2.24) is 4.98 Å². The van der Waals surface area contributed by atoms with Crippen molar-refractivity contribution in [3.8, 4) is 6.07 Å².